The Bertz CT molecular complexity index is 932. The van der Waals surface area contributed by atoms with Crippen molar-refractivity contribution in [1.29, 1.82) is 0 Å². The van der Waals surface area contributed by atoms with Gasteiger partial charge < -0.3 is 10.3 Å². The number of rotatable bonds is 3. The van der Waals surface area contributed by atoms with E-state index in [1.807, 2.05) is 62.5 Å². The summed E-state index contributed by atoms with van der Waals surface area (Å²) in [5.41, 5.74) is 10.5. The van der Waals surface area contributed by atoms with E-state index in [2.05, 4.69) is 21.2 Å². The molecular formula is C19H20N4OS. The fourth-order valence-electron chi connectivity index (χ4n) is 2.65. The number of aryl methyl sites for hydroxylation is 2. The minimum absolute atomic E-state index is 0.158. The molecule has 1 amide bonds. The number of carbonyl (C=O) groups is 1. The average molecular weight is 352 g/mol. The van der Waals surface area contributed by atoms with Crippen LogP contribution >= 0.6 is 12.2 Å². The van der Waals surface area contributed by atoms with Gasteiger partial charge >= 0.3 is 0 Å². The molecule has 5 nitrogen and oxygen atoms in total. The molecule has 0 saturated carbocycles. The lowest BCUT2D eigenvalue weighted by Gasteiger charge is -2.13. The molecule has 0 spiro atoms. The van der Waals surface area contributed by atoms with E-state index in [4.69, 9.17) is 12.2 Å². The van der Waals surface area contributed by atoms with Crippen LogP contribution in [-0.4, -0.2) is 16.0 Å². The van der Waals surface area contributed by atoms with Gasteiger partial charge in [0, 0.05) is 22.8 Å². The van der Waals surface area contributed by atoms with Gasteiger partial charge in [0.25, 0.3) is 0 Å². The number of para-hydroxylation sites is 1. The number of aromatic nitrogens is 1. The predicted molar refractivity (Wildman–Crippen MR) is 105 cm³/mol. The Morgan fingerprint density at radius 1 is 1.12 bits per heavy atom. The standard InChI is InChI=1S/C19H20N4OS/c1-12-7-8-13(2)17(9-12)21-19(25)23-22-18(24)10-14-11-20-16-6-4-3-5-15(14)16/h3-9,11,20H,10H2,1-2H3,(H,22,24)(H2,21,23,25). The van der Waals surface area contributed by atoms with Gasteiger partial charge in [-0.25, -0.2) is 0 Å². The van der Waals surface area contributed by atoms with Crippen LogP contribution in [0.5, 0.6) is 0 Å². The van der Waals surface area contributed by atoms with E-state index >= 15 is 0 Å². The molecule has 0 aliphatic heterocycles. The molecular weight excluding hydrogens is 332 g/mol. The Hall–Kier alpha value is -2.86. The fraction of sp³-hybridized carbons (Fsp3) is 0.158. The van der Waals surface area contributed by atoms with Crippen molar-refractivity contribution in [2.24, 2.45) is 0 Å². The highest BCUT2D eigenvalue weighted by Gasteiger charge is 2.09. The van der Waals surface area contributed by atoms with Crippen molar-refractivity contribution >= 4 is 39.8 Å². The van der Waals surface area contributed by atoms with E-state index in [9.17, 15) is 4.79 Å². The smallest absolute Gasteiger partial charge is 0.242 e. The molecule has 4 N–H and O–H groups in total. The van der Waals surface area contributed by atoms with E-state index in [1.54, 1.807) is 0 Å². The number of amides is 1. The first kappa shape index (κ1) is 17.0. The van der Waals surface area contributed by atoms with Crippen LogP contribution in [0.2, 0.25) is 0 Å². The van der Waals surface area contributed by atoms with Crippen molar-refractivity contribution in [3.05, 3.63) is 65.4 Å². The molecule has 0 unspecified atom stereocenters. The zero-order chi connectivity index (χ0) is 17.8. The van der Waals surface area contributed by atoms with Crippen molar-refractivity contribution in [3.63, 3.8) is 0 Å². The number of benzene rings is 2. The average Bonchev–Trinajstić information content (AvgIpc) is 2.99. The largest absolute Gasteiger partial charge is 0.361 e. The molecule has 0 saturated heterocycles. The topological polar surface area (TPSA) is 68.9 Å². The molecule has 0 atom stereocenters. The summed E-state index contributed by atoms with van der Waals surface area (Å²) in [5.74, 6) is -0.158. The number of hydrazine groups is 1. The maximum atomic E-state index is 12.2. The minimum Gasteiger partial charge on any atom is -0.361 e. The highest BCUT2D eigenvalue weighted by Crippen LogP contribution is 2.18. The monoisotopic (exact) mass is 352 g/mol. The Balaban J connectivity index is 1.55. The van der Waals surface area contributed by atoms with Crippen LogP contribution in [0.3, 0.4) is 0 Å². The number of aromatic amines is 1. The van der Waals surface area contributed by atoms with Crippen LogP contribution in [0.1, 0.15) is 16.7 Å². The summed E-state index contributed by atoms with van der Waals surface area (Å²) in [6.45, 7) is 4.02. The second-order valence-electron chi connectivity index (χ2n) is 5.98. The number of hydrogen-bond acceptors (Lipinski definition) is 2. The summed E-state index contributed by atoms with van der Waals surface area (Å²) in [6.07, 6.45) is 2.13. The van der Waals surface area contributed by atoms with Gasteiger partial charge in [-0.3, -0.25) is 15.6 Å². The molecule has 25 heavy (non-hydrogen) atoms. The van der Waals surface area contributed by atoms with E-state index in [1.165, 1.54) is 0 Å². The fourth-order valence-corrected chi connectivity index (χ4v) is 2.81. The molecule has 0 aliphatic carbocycles. The van der Waals surface area contributed by atoms with Gasteiger partial charge in [-0.15, -0.1) is 0 Å². The number of hydrogen-bond donors (Lipinski definition) is 4. The van der Waals surface area contributed by atoms with Gasteiger partial charge in [-0.05, 0) is 54.9 Å². The SMILES string of the molecule is Cc1ccc(C)c(NC(=S)NNC(=O)Cc2c[nH]c3ccccc23)c1. The lowest BCUT2D eigenvalue weighted by molar-refractivity contribution is -0.120. The number of anilines is 1. The molecule has 0 aliphatic rings. The number of carbonyl (C=O) groups excluding carboxylic acids is 1. The molecule has 3 aromatic rings. The van der Waals surface area contributed by atoms with Crippen LogP contribution in [0.4, 0.5) is 5.69 Å². The summed E-state index contributed by atoms with van der Waals surface area (Å²) >= 11 is 5.24. The second-order valence-corrected chi connectivity index (χ2v) is 6.39. The van der Waals surface area contributed by atoms with E-state index < -0.39 is 0 Å². The Morgan fingerprint density at radius 3 is 2.76 bits per heavy atom. The molecule has 0 bridgehead atoms. The van der Waals surface area contributed by atoms with Crippen LogP contribution in [0.25, 0.3) is 10.9 Å². The van der Waals surface area contributed by atoms with Crippen molar-refractivity contribution in [3.8, 4) is 0 Å². The molecule has 0 radical (unpaired) electrons. The molecule has 1 heterocycles. The summed E-state index contributed by atoms with van der Waals surface area (Å²) < 4.78 is 0. The van der Waals surface area contributed by atoms with Crippen LogP contribution in [0, 0.1) is 13.8 Å². The van der Waals surface area contributed by atoms with Crippen molar-refractivity contribution in [2.75, 3.05) is 5.32 Å². The Morgan fingerprint density at radius 2 is 1.92 bits per heavy atom. The Kier molecular flexibility index (Phi) is 5.00. The number of H-pyrrole nitrogens is 1. The number of thiocarbonyl (C=S) groups is 1. The third-order valence-electron chi connectivity index (χ3n) is 3.98. The van der Waals surface area contributed by atoms with E-state index in [0.29, 0.717) is 5.11 Å². The quantitative estimate of drug-likeness (QED) is 0.431. The predicted octanol–water partition coefficient (Wildman–Crippen LogP) is 3.35. The maximum absolute atomic E-state index is 12.2. The van der Waals surface area contributed by atoms with E-state index in [-0.39, 0.29) is 12.3 Å². The lowest BCUT2D eigenvalue weighted by atomic mass is 10.1. The summed E-state index contributed by atoms with van der Waals surface area (Å²) in [4.78, 5) is 15.3. The van der Waals surface area contributed by atoms with Gasteiger partial charge in [-0.2, -0.15) is 0 Å². The van der Waals surface area contributed by atoms with Gasteiger partial charge in [-0.1, -0.05) is 30.3 Å². The number of nitrogens with one attached hydrogen (secondary N) is 4. The van der Waals surface area contributed by atoms with Crippen molar-refractivity contribution < 1.29 is 4.79 Å². The first-order chi connectivity index (χ1) is 12.0. The molecule has 0 fully saturated rings. The molecule has 2 aromatic carbocycles. The van der Waals surface area contributed by atoms with Crippen molar-refractivity contribution in [1.82, 2.24) is 15.8 Å². The van der Waals surface area contributed by atoms with Gasteiger partial charge in [0.05, 0.1) is 6.42 Å². The van der Waals surface area contributed by atoms with Crippen LogP contribution in [0.15, 0.2) is 48.7 Å². The molecule has 3 rings (SSSR count). The second kappa shape index (κ2) is 7.36. The van der Waals surface area contributed by atoms with Gasteiger partial charge in [0.1, 0.15) is 0 Å². The van der Waals surface area contributed by atoms with Gasteiger partial charge in [0.2, 0.25) is 5.91 Å². The summed E-state index contributed by atoms with van der Waals surface area (Å²) in [6, 6.07) is 14.0. The molecule has 6 heteroatoms. The van der Waals surface area contributed by atoms with E-state index in [0.717, 1.165) is 33.3 Å². The maximum Gasteiger partial charge on any atom is 0.242 e. The minimum atomic E-state index is -0.158. The first-order valence-electron chi connectivity index (χ1n) is 8.01. The highest BCUT2D eigenvalue weighted by atomic mass is 32.1. The third kappa shape index (κ3) is 4.16. The molecule has 128 valence electrons. The highest BCUT2D eigenvalue weighted by molar-refractivity contribution is 7.80. The van der Waals surface area contributed by atoms with Gasteiger partial charge in [0.15, 0.2) is 5.11 Å². The normalized spacial score (nSPS) is 10.5. The zero-order valence-corrected chi connectivity index (χ0v) is 15.0. The first-order valence-corrected chi connectivity index (χ1v) is 8.42. The lowest BCUT2D eigenvalue weighted by Crippen LogP contribution is -2.44. The summed E-state index contributed by atoms with van der Waals surface area (Å²) in [7, 11) is 0. The molecule has 1 aromatic heterocycles. The number of fused-ring (bicyclic) bond motifs is 1. The Labute approximate surface area is 151 Å². The summed E-state index contributed by atoms with van der Waals surface area (Å²) in [5, 5.41) is 4.49. The third-order valence-corrected chi connectivity index (χ3v) is 4.19. The van der Waals surface area contributed by atoms with Crippen LogP contribution in [-0.2, 0) is 11.2 Å². The zero-order valence-electron chi connectivity index (χ0n) is 14.1. The van der Waals surface area contributed by atoms with Crippen LogP contribution < -0.4 is 16.2 Å². The van der Waals surface area contributed by atoms with Crippen molar-refractivity contribution in [2.45, 2.75) is 20.3 Å².